The minimum absolute atomic E-state index is 0.0433. The first-order chi connectivity index (χ1) is 6.33. The average molecular weight is 185 g/mol. The molecule has 0 bridgehead atoms. The van der Waals surface area contributed by atoms with E-state index in [2.05, 4.69) is 10.3 Å². The maximum absolute atomic E-state index is 10.5. The van der Waals surface area contributed by atoms with Crippen LogP contribution in [0.1, 0.15) is 16.2 Å². The maximum atomic E-state index is 10.5. The molecule has 0 spiro atoms. The van der Waals surface area contributed by atoms with E-state index in [1.165, 1.54) is 11.8 Å². The van der Waals surface area contributed by atoms with Crippen LogP contribution in [-0.4, -0.2) is 40.1 Å². The van der Waals surface area contributed by atoms with Gasteiger partial charge in [-0.05, 0) is 0 Å². The molecule has 0 radical (unpaired) electrons. The highest BCUT2D eigenvalue weighted by Gasteiger charge is 2.10. The number of carbonyl (C=O) groups excluding carboxylic acids is 1. The van der Waals surface area contributed by atoms with Gasteiger partial charge >= 0.3 is 0 Å². The van der Waals surface area contributed by atoms with Crippen molar-refractivity contribution in [1.82, 2.24) is 15.0 Å². The summed E-state index contributed by atoms with van der Waals surface area (Å²) in [5, 5.41) is 16.0. The number of aliphatic hydroxyl groups excluding tert-OH is 1. The summed E-state index contributed by atoms with van der Waals surface area (Å²) >= 11 is 0. The number of nitrogens with zero attached hydrogens (tertiary/aromatic N) is 3. The Morgan fingerprint density at radius 3 is 3.00 bits per heavy atom. The van der Waals surface area contributed by atoms with Crippen molar-refractivity contribution in [3.63, 3.8) is 0 Å². The van der Waals surface area contributed by atoms with E-state index in [9.17, 15) is 4.79 Å². The van der Waals surface area contributed by atoms with Crippen LogP contribution >= 0.6 is 0 Å². The second kappa shape index (κ2) is 4.68. The van der Waals surface area contributed by atoms with E-state index < -0.39 is 0 Å². The second-order valence-corrected chi connectivity index (χ2v) is 2.42. The van der Waals surface area contributed by atoms with Crippen LogP contribution in [0.15, 0.2) is 0 Å². The second-order valence-electron chi connectivity index (χ2n) is 2.42. The average Bonchev–Trinajstić information content (AvgIpc) is 2.50. The molecule has 0 atom stereocenters. The molecule has 1 N–H and O–H groups in total. The fraction of sp³-hybridized carbons (Fsp3) is 0.571. The number of rotatable bonds is 5. The van der Waals surface area contributed by atoms with Gasteiger partial charge in [-0.2, -0.15) is 0 Å². The zero-order valence-corrected chi connectivity index (χ0v) is 7.30. The Kier molecular flexibility index (Phi) is 3.53. The highest BCUT2D eigenvalue weighted by atomic mass is 16.5. The third-order valence-electron chi connectivity index (χ3n) is 1.57. The minimum atomic E-state index is -0.0433. The smallest absolute Gasteiger partial charge is 0.172 e. The quantitative estimate of drug-likeness (QED) is 0.609. The molecule has 13 heavy (non-hydrogen) atoms. The summed E-state index contributed by atoms with van der Waals surface area (Å²) in [6.45, 7) is 0.541. The Hall–Kier alpha value is -1.27. The molecule has 0 fully saturated rings. The molecule has 0 aromatic carbocycles. The van der Waals surface area contributed by atoms with Crippen LogP contribution in [0.5, 0.6) is 0 Å². The number of aldehydes is 1. The first-order valence-corrected chi connectivity index (χ1v) is 3.80. The standard InChI is InChI=1S/C7H11N3O3/c1-13-5-7-6(4-12)8-9-10(7)2-3-11/h4,11H,2-3,5H2,1H3. The van der Waals surface area contributed by atoms with Gasteiger partial charge in [0.15, 0.2) is 12.0 Å². The summed E-state index contributed by atoms with van der Waals surface area (Å²) in [4.78, 5) is 10.5. The lowest BCUT2D eigenvalue weighted by Gasteiger charge is -2.02. The lowest BCUT2D eigenvalue weighted by Crippen LogP contribution is -2.09. The summed E-state index contributed by atoms with van der Waals surface area (Å²) in [6, 6.07) is 0. The van der Waals surface area contributed by atoms with Crippen LogP contribution in [0, 0.1) is 0 Å². The highest BCUT2D eigenvalue weighted by molar-refractivity contribution is 5.73. The topological polar surface area (TPSA) is 77.2 Å². The number of aromatic nitrogens is 3. The van der Waals surface area contributed by atoms with E-state index in [-0.39, 0.29) is 18.9 Å². The third-order valence-corrected chi connectivity index (χ3v) is 1.57. The van der Waals surface area contributed by atoms with Gasteiger partial charge in [0.05, 0.1) is 25.5 Å². The van der Waals surface area contributed by atoms with Crippen molar-refractivity contribution in [2.75, 3.05) is 13.7 Å². The highest BCUT2D eigenvalue weighted by Crippen LogP contribution is 2.03. The number of ether oxygens (including phenoxy) is 1. The van der Waals surface area contributed by atoms with Crippen molar-refractivity contribution >= 4 is 6.29 Å². The number of aliphatic hydroxyl groups is 1. The monoisotopic (exact) mass is 185 g/mol. The molecular formula is C7H11N3O3. The van der Waals surface area contributed by atoms with Crippen molar-refractivity contribution in [2.24, 2.45) is 0 Å². The summed E-state index contributed by atoms with van der Waals surface area (Å²) in [5.41, 5.74) is 0.849. The van der Waals surface area contributed by atoms with Crippen LogP contribution in [0.25, 0.3) is 0 Å². The van der Waals surface area contributed by atoms with Crippen LogP contribution in [0.3, 0.4) is 0 Å². The van der Waals surface area contributed by atoms with Crippen LogP contribution in [0.4, 0.5) is 0 Å². The van der Waals surface area contributed by atoms with Crippen molar-refractivity contribution in [1.29, 1.82) is 0 Å². The van der Waals surface area contributed by atoms with Gasteiger partial charge in [0.1, 0.15) is 0 Å². The van der Waals surface area contributed by atoms with E-state index >= 15 is 0 Å². The van der Waals surface area contributed by atoms with Crippen molar-refractivity contribution in [3.05, 3.63) is 11.4 Å². The molecule has 1 aromatic rings. The van der Waals surface area contributed by atoms with Gasteiger partial charge in [-0.1, -0.05) is 5.21 Å². The molecule has 0 aliphatic rings. The molecule has 0 aliphatic carbocycles. The van der Waals surface area contributed by atoms with E-state index in [1.807, 2.05) is 0 Å². The van der Waals surface area contributed by atoms with Crippen molar-refractivity contribution in [2.45, 2.75) is 13.2 Å². The van der Waals surface area contributed by atoms with Gasteiger partial charge in [-0.25, -0.2) is 4.68 Å². The minimum Gasteiger partial charge on any atom is -0.394 e. The molecule has 6 heteroatoms. The first kappa shape index (κ1) is 9.82. The van der Waals surface area contributed by atoms with Crippen LogP contribution < -0.4 is 0 Å². The van der Waals surface area contributed by atoms with Crippen LogP contribution in [-0.2, 0) is 17.9 Å². The third kappa shape index (κ3) is 2.10. The van der Waals surface area contributed by atoms with Gasteiger partial charge in [0, 0.05) is 7.11 Å². The number of carbonyl (C=O) groups is 1. The molecule has 0 saturated carbocycles. The summed E-state index contributed by atoms with van der Waals surface area (Å²) in [5.74, 6) is 0. The fourth-order valence-electron chi connectivity index (χ4n) is 0.997. The molecule has 1 aromatic heterocycles. The number of hydrogen-bond donors (Lipinski definition) is 1. The van der Waals surface area contributed by atoms with Gasteiger partial charge < -0.3 is 9.84 Å². The Balaban J connectivity index is 2.91. The molecule has 1 heterocycles. The summed E-state index contributed by atoms with van der Waals surface area (Å²) < 4.78 is 6.33. The molecule has 0 unspecified atom stereocenters. The largest absolute Gasteiger partial charge is 0.394 e. The number of hydrogen-bond acceptors (Lipinski definition) is 5. The first-order valence-electron chi connectivity index (χ1n) is 3.80. The lowest BCUT2D eigenvalue weighted by molar-refractivity contribution is 0.111. The zero-order chi connectivity index (χ0) is 9.68. The molecular weight excluding hydrogens is 174 g/mol. The molecule has 0 amide bonds. The van der Waals surface area contributed by atoms with Gasteiger partial charge in [-0.15, -0.1) is 5.10 Å². The Morgan fingerprint density at radius 1 is 1.69 bits per heavy atom. The number of methoxy groups -OCH3 is 1. The maximum Gasteiger partial charge on any atom is 0.172 e. The zero-order valence-electron chi connectivity index (χ0n) is 7.30. The van der Waals surface area contributed by atoms with E-state index in [4.69, 9.17) is 9.84 Å². The fourth-order valence-corrected chi connectivity index (χ4v) is 0.997. The van der Waals surface area contributed by atoms with Crippen LogP contribution in [0.2, 0.25) is 0 Å². The molecule has 0 saturated heterocycles. The predicted molar refractivity (Wildman–Crippen MR) is 43.2 cm³/mol. The Morgan fingerprint density at radius 2 is 2.46 bits per heavy atom. The Labute approximate surface area is 75.1 Å². The molecule has 1 rings (SSSR count). The Bertz CT molecular complexity index is 285. The van der Waals surface area contributed by atoms with Gasteiger partial charge in [0.2, 0.25) is 0 Å². The van der Waals surface area contributed by atoms with E-state index in [0.717, 1.165) is 0 Å². The molecule has 0 aliphatic heterocycles. The molecule has 72 valence electrons. The normalized spacial score (nSPS) is 10.3. The summed E-state index contributed by atoms with van der Waals surface area (Å²) in [6.07, 6.45) is 0.620. The summed E-state index contributed by atoms with van der Waals surface area (Å²) in [7, 11) is 1.52. The molecule has 6 nitrogen and oxygen atoms in total. The predicted octanol–water partition coefficient (Wildman–Crippen LogP) is -0.771. The van der Waals surface area contributed by atoms with E-state index in [1.54, 1.807) is 0 Å². The van der Waals surface area contributed by atoms with Crippen molar-refractivity contribution < 1.29 is 14.6 Å². The van der Waals surface area contributed by atoms with Crippen molar-refractivity contribution in [3.8, 4) is 0 Å². The SMILES string of the molecule is COCc1c(C=O)nnn1CCO. The van der Waals surface area contributed by atoms with Gasteiger partial charge in [0.25, 0.3) is 0 Å². The van der Waals surface area contributed by atoms with Gasteiger partial charge in [-0.3, -0.25) is 4.79 Å². The lowest BCUT2D eigenvalue weighted by atomic mass is 10.3. The van der Waals surface area contributed by atoms with E-state index in [0.29, 0.717) is 18.5 Å².